The number of nitrogens with one attached hydrogen (secondary N) is 1. The van der Waals surface area contributed by atoms with E-state index in [9.17, 15) is 4.79 Å². The highest BCUT2D eigenvalue weighted by molar-refractivity contribution is 6.30. The molecule has 1 aliphatic carbocycles. The molecule has 1 saturated carbocycles. The first kappa shape index (κ1) is 12.9. The molecule has 0 amide bonds. The number of anilines is 1. The maximum Gasteiger partial charge on any atom is 0.355 e. The van der Waals surface area contributed by atoms with Gasteiger partial charge in [-0.15, -0.1) is 0 Å². The second kappa shape index (κ2) is 5.40. The van der Waals surface area contributed by atoms with Crippen molar-refractivity contribution in [1.29, 1.82) is 0 Å². The average Bonchev–Trinajstić information content (AvgIpc) is 2.81. The molecular formula is C13H15ClN2O2. The van der Waals surface area contributed by atoms with Crippen LogP contribution in [-0.4, -0.2) is 22.1 Å². The topological polar surface area (TPSA) is 62.2 Å². The van der Waals surface area contributed by atoms with Gasteiger partial charge in [0.25, 0.3) is 0 Å². The molecule has 0 radical (unpaired) electrons. The Hall–Kier alpha value is -1.55. The number of rotatable bonds is 4. The van der Waals surface area contributed by atoms with Crippen LogP contribution < -0.4 is 5.32 Å². The molecule has 0 saturated heterocycles. The lowest BCUT2D eigenvalue weighted by molar-refractivity contribution is 0.0690. The van der Waals surface area contributed by atoms with Crippen LogP contribution >= 0.6 is 11.6 Å². The van der Waals surface area contributed by atoms with Crippen LogP contribution in [0.2, 0.25) is 5.15 Å². The molecule has 0 unspecified atom stereocenters. The minimum atomic E-state index is -1.10. The summed E-state index contributed by atoms with van der Waals surface area (Å²) in [5, 5.41) is 12.6. The molecule has 1 aliphatic rings. The average molecular weight is 267 g/mol. The summed E-state index contributed by atoms with van der Waals surface area (Å²) in [6.07, 6.45) is 6.10. The van der Waals surface area contributed by atoms with Gasteiger partial charge in [0.05, 0.1) is 0 Å². The number of hydrogen-bond donors (Lipinski definition) is 2. The number of aromatic nitrogens is 1. The Balaban J connectivity index is 2.37. The summed E-state index contributed by atoms with van der Waals surface area (Å²) >= 11 is 5.86. The van der Waals surface area contributed by atoms with Crippen LogP contribution in [0.4, 0.5) is 5.69 Å². The number of nitrogens with zero attached hydrogens (tertiary/aromatic N) is 1. The zero-order chi connectivity index (χ0) is 13.1. The molecule has 96 valence electrons. The molecule has 1 aromatic heterocycles. The Morgan fingerprint density at radius 1 is 1.56 bits per heavy atom. The van der Waals surface area contributed by atoms with Crippen molar-refractivity contribution in [3.8, 4) is 0 Å². The van der Waals surface area contributed by atoms with E-state index in [1.807, 2.05) is 0 Å². The number of carbonyl (C=O) groups is 1. The third-order valence-electron chi connectivity index (χ3n) is 3.15. The summed E-state index contributed by atoms with van der Waals surface area (Å²) in [5.74, 6) is -1.10. The third kappa shape index (κ3) is 2.64. The predicted molar refractivity (Wildman–Crippen MR) is 72.2 cm³/mol. The van der Waals surface area contributed by atoms with Crippen molar-refractivity contribution in [1.82, 2.24) is 4.98 Å². The minimum absolute atomic E-state index is 0.0574. The van der Waals surface area contributed by atoms with Crippen molar-refractivity contribution in [3.05, 3.63) is 29.1 Å². The lowest BCUT2D eigenvalue weighted by Crippen LogP contribution is -2.17. The molecule has 0 aliphatic heterocycles. The summed E-state index contributed by atoms with van der Waals surface area (Å²) in [5.41, 5.74) is 1.14. The molecule has 0 spiro atoms. The number of hydrogen-bond acceptors (Lipinski definition) is 3. The number of halogens is 1. The Bertz CT molecular complexity index is 482. The van der Waals surface area contributed by atoms with Crippen molar-refractivity contribution in [3.63, 3.8) is 0 Å². The van der Waals surface area contributed by atoms with Gasteiger partial charge in [-0.05, 0) is 18.9 Å². The molecule has 0 atom stereocenters. The fourth-order valence-electron chi connectivity index (χ4n) is 2.30. The molecule has 2 N–H and O–H groups in total. The van der Waals surface area contributed by atoms with Gasteiger partial charge in [0.1, 0.15) is 5.15 Å². The van der Waals surface area contributed by atoms with E-state index >= 15 is 0 Å². The van der Waals surface area contributed by atoms with E-state index < -0.39 is 5.97 Å². The molecule has 0 aromatic carbocycles. The van der Waals surface area contributed by atoms with Crippen LogP contribution in [0.3, 0.4) is 0 Å². The Kier molecular flexibility index (Phi) is 3.87. The fraction of sp³-hybridized carbons (Fsp3) is 0.385. The summed E-state index contributed by atoms with van der Waals surface area (Å²) < 4.78 is 0. The lowest BCUT2D eigenvalue weighted by atomic mass is 10.1. The normalized spacial score (nSPS) is 15.6. The first-order chi connectivity index (χ1) is 8.61. The summed E-state index contributed by atoms with van der Waals surface area (Å²) in [4.78, 5) is 15.0. The summed E-state index contributed by atoms with van der Waals surface area (Å²) in [7, 11) is 0. The Labute approximate surface area is 111 Å². The Morgan fingerprint density at radius 3 is 2.78 bits per heavy atom. The SMILES string of the molecule is C=Cc1c(NC2CCCC2)cc(Cl)nc1C(=O)O. The zero-order valence-electron chi connectivity index (χ0n) is 9.95. The summed E-state index contributed by atoms with van der Waals surface area (Å²) in [6.45, 7) is 3.65. The highest BCUT2D eigenvalue weighted by Gasteiger charge is 2.19. The monoisotopic (exact) mass is 266 g/mol. The first-order valence-electron chi connectivity index (χ1n) is 5.94. The Morgan fingerprint density at radius 2 is 2.22 bits per heavy atom. The van der Waals surface area contributed by atoms with Gasteiger partial charge in [-0.3, -0.25) is 0 Å². The van der Waals surface area contributed by atoms with Gasteiger partial charge < -0.3 is 10.4 Å². The van der Waals surface area contributed by atoms with E-state index in [4.69, 9.17) is 16.7 Å². The quantitative estimate of drug-likeness (QED) is 0.820. The molecule has 1 aromatic rings. The minimum Gasteiger partial charge on any atom is -0.476 e. The molecule has 5 heteroatoms. The van der Waals surface area contributed by atoms with E-state index in [0.29, 0.717) is 17.3 Å². The van der Waals surface area contributed by atoms with Crippen molar-refractivity contribution >= 4 is 29.3 Å². The van der Waals surface area contributed by atoms with Gasteiger partial charge in [0.2, 0.25) is 0 Å². The standard InChI is InChI=1S/C13H15ClN2O2/c1-2-9-10(15-8-5-3-4-6-8)7-11(14)16-12(9)13(17)18/h2,7-8H,1,3-6H2,(H,15,16)(H,17,18). The van der Waals surface area contributed by atoms with E-state index in [1.165, 1.54) is 18.9 Å². The molecule has 2 rings (SSSR count). The molecule has 1 fully saturated rings. The largest absolute Gasteiger partial charge is 0.476 e. The van der Waals surface area contributed by atoms with Crippen molar-refractivity contribution < 1.29 is 9.90 Å². The van der Waals surface area contributed by atoms with Gasteiger partial charge in [0.15, 0.2) is 5.69 Å². The van der Waals surface area contributed by atoms with Gasteiger partial charge in [0, 0.05) is 17.3 Å². The summed E-state index contributed by atoms with van der Waals surface area (Å²) in [6, 6.07) is 2.03. The zero-order valence-corrected chi connectivity index (χ0v) is 10.7. The van der Waals surface area contributed by atoms with Crippen LogP contribution in [0, 0.1) is 0 Å². The second-order valence-electron chi connectivity index (χ2n) is 4.39. The lowest BCUT2D eigenvalue weighted by Gasteiger charge is -2.17. The molecule has 4 nitrogen and oxygen atoms in total. The predicted octanol–water partition coefficient (Wildman–Crippen LogP) is 3.43. The fourth-order valence-corrected chi connectivity index (χ4v) is 2.50. The first-order valence-corrected chi connectivity index (χ1v) is 6.32. The number of carboxylic acid groups (broad SMARTS) is 1. The highest BCUT2D eigenvalue weighted by atomic mass is 35.5. The van der Waals surface area contributed by atoms with Crippen LogP contribution in [0.15, 0.2) is 12.6 Å². The number of carboxylic acids is 1. The van der Waals surface area contributed by atoms with E-state index in [1.54, 1.807) is 6.07 Å². The highest BCUT2D eigenvalue weighted by Crippen LogP contribution is 2.28. The maximum atomic E-state index is 11.1. The molecule has 0 bridgehead atoms. The second-order valence-corrected chi connectivity index (χ2v) is 4.78. The van der Waals surface area contributed by atoms with Crippen molar-refractivity contribution in [2.75, 3.05) is 5.32 Å². The smallest absolute Gasteiger partial charge is 0.355 e. The third-order valence-corrected chi connectivity index (χ3v) is 3.34. The van der Waals surface area contributed by atoms with Crippen LogP contribution in [0.1, 0.15) is 41.7 Å². The van der Waals surface area contributed by atoms with Gasteiger partial charge in [-0.25, -0.2) is 9.78 Å². The molecule has 18 heavy (non-hydrogen) atoms. The van der Waals surface area contributed by atoms with Gasteiger partial charge >= 0.3 is 5.97 Å². The van der Waals surface area contributed by atoms with Crippen LogP contribution in [-0.2, 0) is 0 Å². The number of pyridine rings is 1. The molecule has 1 heterocycles. The van der Waals surface area contributed by atoms with E-state index in [-0.39, 0.29) is 10.8 Å². The van der Waals surface area contributed by atoms with Gasteiger partial charge in [-0.2, -0.15) is 0 Å². The van der Waals surface area contributed by atoms with Crippen molar-refractivity contribution in [2.45, 2.75) is 31.7 Å². The van der Waals surface area contributed by atoms with Crippen LogP contribution in [0.5, 0.6) is 0 Å². The molecular weight excluding hydrogens is 252 g/mol. The van der Waals surface area contributed by atoms with Gasteiger partial charge in [-0.1, -0.05) is 37.1 Å². The van der Waals surface area contributed by atoms with E-state index in [0.717, 1.165) is 12.8 Å². The van der Waals surface area contributed by atoms with Crippen molar-refractivity contribution in [2.24, 2.45) is 0 Å². The van der Waals surface area contributed by atoms with Crippen LogP contribution in [0.25, 0.3) is 6.08 Å². The van der Waals surface area contributed by atoms with E-state index in [2.05, 4.69) is 16.9 Å². The maximum absolute atomic E-state index is 11.1. The number of aromatic carboxylic acids is 1.